The first-order chi connectivity index (χ1) is 13.0. The van der Waals surface area contributed by atoms with Crippen LogP contribution >= 0.6 is 0 Å². The standard InChI is InChI=1S/C20H20FN3O3/c1-24(11-12-3-7-17(26-2)15(21)9-12)20(25)22-14-6-8-18-16(10-14)23-19(27-18)13-4-5-13/h3,6-10,13H,4-5,11H2,1-2H3,(H,22,25). The molecule has 6 nitrogen and oxygen atoms in total. The lowest BCUT2D eigenvalue weighted by molar-refractivity contribution is 0.220. The van der Waals surface area contributed by atoms with Gasteiger partial charge in [0.15, 0.2) is 23.0 Å². The highest BCUT2D eigenvalue weighted by Crippen LogP contribution is 2.40. The van der Waals surface area contributed by atoms with Crippen molar-refractivity contribution in [2.24, 2.45) is 0 Å². The molecule has 2 aromatic carbocycles. The van der Waals surface area contributed by atoms with E-state index < -0.39 is 5.82 Å². The first kappa shape index (κ1) is 17.3. The van der Waals surface area contributed by atoms with Crippen molar-refractivity contribution >= 4 is 22.8 Å². The second-order valence-corrected chi connectivity index (χ2v) is 6.76. The molecular formula is C20H20FN3O3. The average Bonchev–Trinajstić information content (AvgIpc) is 3.41. The third-order valence-corrected chi connectivity index (χ3v) is 4.56. The largest absolute Gasteiger partial charge is 0.494 e. The van der Waals surface area contributed by atoms with E-state index in [1.54, 1.807) is 31.3 Å². The summed E-state index contributed by atoms with van der Waals surface area (Å²) in [7, 11) is 3.06. The number of fused-ring (bicyclic) bond motifs is 1. The number of carbonyl (C=O) groups is 1. The summed E-state index contributed by atoms with van der Waals surface area (Å²) < 4.78 is 24.4. The number of aromatic nitrogens is 1. The topological polar surface area (TPSA) is 67.6 Å². The van der Waals surface area contributed by atoms with Crippen LogP contribution in [-0.4, -0.2) is 30.1 Å². The van der Waals surface area contributed by atoms with Gasteiger partial charge in [-0.2, -0.15) is 0 Å². The van der Waals surface area contributed by atoms with Gasteiger partial charge in [0, 0.05) is 25.2 Å². The maximum atomic E-state index is 13.8. The molecule has 1 N–H and O–H groups in total. The Labute approximate surface area is 155 Å². The molecule has 4 rings (SSSR count). The highest BCUT2D eigenvalue weighted by molar-refractivity contribution is 5.91. The van der Waals surface area contributed by atoms with E-state index in [1.165, 1.54) is 18.1 Å². The molecule has 0 radical (unpaired) electrons. The van der Waals surface area contributed by atoms with Crippen LogP contribution in [0.4, 0.5) is 14.9 Å². The normalized spacial score (nSPS) is 13.6. The lowest BCUT2D eigenvalue weighted by Gasteiger charge is -2.18. The van der Waals surface area contributed by atoms with Crippen LogP contribution in [0, 0.1) is 5.82 Å². The van der Waals surface area contributed by atoms with Crippen molar-refractivity contribution in [2.75, 3.05) is 19.5 Å². The lowest BCUT2D eigenvalue weighted by atomic mass is 10.2. The van der Waals surface area contributed by atoms with Gasteiger partial charge in [-0.1, -0.05) is 6.07 Å². The Hall–Kier alpha value is -3.09. The number of ether oxygens (including phenoxy) is 1. The Morgan fingerprint density at radius 1 is 1.33 bits per heavy atom. The zero-order valence-corrected chi connectivity index (χ0v) is 15.2. The molecule has 1 aromatic heterocycles. The summed E-state index contributed by atoms with van der Waals surface area (Å²) in [5.74, 6) is 0.933. The molecule has 1 aliphatic carbocycles. The fraction of sp³-hybridized carbons (Fsp3) is 0.300. The quantitative estimate of drug-likeness (QED) is 0.718. The van der Waals surface area contributed by atoms with Gasteiger partial charge >= 0.3 is 6.03 Å². The fourth-order valence-corrected chi connectivity index (χ4v) is 2.90. The molecule has 2 amide bonds. The molecule has 1 fully saturated rings. The predicted octanol–water partition coefficient (Wildman–Crippen LogP) is 4.52. The van der Waals surface area contributed by atoms with Gasteiger partial charge in [0.05, 0.1) is 7.11 Å². The maximum Gasteiger partial charge on any atom is 0.321 e. The number of urea groups is 1. The molecule has 140 valence electrons. The third kappa shape index (κ3) is 3.72. The second-order valence-electron chi connectivity index (χ2n) is 6.76. The molecule has 27 heavy (non-hydrogen) atoms. The van der Waals surface area contributed by atoms with Crippen LogP contribution in [0.5, 0.6) is 5.75 Å². The van der Waals surface area contributed by atoms with Crippen molar-refractivity contribution in [1.29, 1.82) is 0 Å². The number of oxazole rings is 1. The molecule has 1 aliphatic rings. The molecule has 1 heterocycles. The highest BCUT2D eigenvalue weighted by atomic mass is 19.1. The number of anilines is 1. The van der Waals surface area contributed by atoms with Gasteiger partial charge in [-0.25, -0.2) is 14.2 Å². The van der Waals surface area contributed by atoms with Crippen molar-refractivity contribution in [3.63, 3.8) is 0 Å². The number of benzene rings is 2. The number of hydrogen-bond donors (Lipinski definition) is 1. The summed E-state index contributed by atoms with van der Waals surface area (Å²) in [6.07, 6.45) is 2.24. The van der Waals surface area contributed by atoms with Gasteiger partial charge in [0.1, 0.15) is 5.52 Å². The third-order valence-electron chi connectivity index (χ3n) is 4.56. The van der Waals surface area contributed by atoms with Crippen LogP contribution in [0.2, 0.25) is 0 Å². The van der Waals surface area contributed by atoms with Crippen LogP contribution in [-0.2, 0) is 6.54 Å². The summed E-state index contributed by atoms with van der Waals surface area (Å²) in [5, 5.41) is 2.83. The van der Waals surface area contributed by atoms with Crippen LogP contribution in [0.15, 0.2) is 40.8 Å². The van der Waals surface area contributed by atoms with E-state index in [1.807, 2.05) is 6.07 Å². The Bertz CT molecular complexity index is 997. The van der Waals surface area contributed by atoms with Crippen molar-refractivity contribution in [3.05, 3.63) is 53.7 Å². The Balaban J connectivity index is 1.43. The minimum absolute atomic E-state index is 0.178. The molecule has 3 aromatic rings. The molecule has 7 heteroatoms. The summed E-state index contributed by atoms with van der Waals surface area (Å²) in [5.41, 5.74) is 2.76. The molecule has 0 aliphatic heterocycles. The molecular weight excluding hydrogens is 349 g/mol. The predicted molar refractivity (Wildman–Crippen MR) is 99.4 cm³/mol. The first-order valence-corrected chi connectivity index (χ1v) is 8.78. The van der Waals surface area contributed by atoms with Gasteiger partial charge in [-0.15, -0.1) is 0 Å². The minimum Gasteiger partial charge on any atom is -0.494 e. The molecule has 0 saturated heterocycles. The van der Waals surface area contributed by atoms with Crippen molar-refractivity contribution in [1.82, 2.24) is 9.88 Å². The number of amides is 2. The SMILES string of the molecule is COc1ccc(CN(C)C(=O)Nc2ccc3oc(C4CC4)nc3c2)cc1F. The van der Waals surface area contributed by atoms with E-state index in [4.69, 9.17) is 9.15 Å². The summed E-state index contributed by atoms with van der Waals surface area (Å²) in [6.45, 7) is 0.269. The van der Waals surface area contributed by atoms with E-state index in [2.05, 4.69) is 10.3 Å². The molecule has 0 atom stereocenters. The average molecular weight is 369 g/mol. The minimum atomic E-state index is -0.452. The Morgan fingerprint density at radius 3 is 2.85 bits per heavy atom. The summed E-state index contributed by atoms with van der Waals surface area (Å²) in [4.78, 5) is 18.4. The first-order valence-electron chi connectivity index (χ1n) is 8.78. The van der Waals surface area contributed by atoms with Crippen molar-refractivity contribution < 1.29 is 18.3 Å². The van der Waals surface area contributed by atoms with Gasteiger partial charge in [0.2, 0.25) is 0 Å². The highest BCUT2D eigenvalue weighted by Gasteiger charge is 2.28. The van der Waals surface area contributed by atoms with Crippen LogP contribution in [0.25, 0.3) is 11.1 Å². The van der Waals surface area contributed by atoms with Crippen molar-refractivity contribution in [3.8, 4) is 5.75 Å². The van der Waals surface area contributed by atoms with E-state index >= 15 is 0 Å². The van der Waals surface area contributed by atoms with Gasteiger partial charge in [-0.05, 0) is 48.7 Å². The molecule has 0 bridgehead atoms. The number of carbonyl (C=O) groups excluding carboxylic acids is 1. The van der Waals surface area contributed by atoms with E-state index in [-0.39, 0.29) is 18.3 Å². The van der Waals surface area contributed by atoms with Crippen molar-refractivity contribution in [2.45, 2.75) is 25.3 Å². The van der Waals surface area contributed by atoms with Crippen LogP contribution in [0.1, 0.15) is 30.2 Å². The zero-order valence-electron chi connectivity index (χ0n) is 15.2. The number of nitrogens with one attached hydrogen (secondary N) is 1. The van der Waals surface area contributed by atoms with E-state index in [0.717, 1.165) is 29.8 Å². The molecule has 0 spiro atoms. The molecule has 1 saturated carbocycles. The number of nitrogens with zero attached hydrogens (tertiary/aromatic N) is 2. The number of halogens is 1. The lowest BCUT2D eigenvalue weighted by Crippen LogP contribution is -2.30. The maximum absolute atomic E-state index is 13.8. The van der Waals surface area contributed by atoms with Gasteiger partial charge < -0.3 is 19.4 Å². The number of rotatable bonds is 5. The monoisotopic (exact) mass is 369 g/mol. The van der Waals surface area contributed by atoms with E-state index in [0.29, 0.717) is 17.2 Å². The second kappa shape index (κ2) is 6.90. The Kier molecular flexibility index (Phi) is 4.43. The summed E-state index contributed by atoms with van der Waals surface area (Å²) >= 11 is 0. The Morgan fingerprint density at radius 2 is 2.15 bits per heavy atom. The zero-order chi connectivity index (χ0) is 19.0. The van der Waals surface area contributed by atoms with Crippen LogP contribution in [0.3, 0.4) is 0 Å². The van der Waals surface area contributed by atoms with Gasteiger partial charge in [-0.3, -0.25) is 0 Å². The number of hydrogen-bond acceptors (Lipinski definition) is 4. The van der Waals surface area contributed by atoms with Gasteiger partial charge in [0.25, 0.3) is 0 Å². The number of methoxy groups -OCH3 is 1. The van der Waals surface area contributed by atoms with Crippen LogP contribution < -0.4 is 10.1 Å². The molecule has 0 unspecified atom stereocenters. The smallest absolute Gasteiger partial charge is 0.321 e. The summed E-state index contributed by atoms with van der Waals surface area (Å²) in [6, 6.07) is 9.73. The van der Waals surface area contributed by atoms with E-state index in [9.17, 15) is 9.18 Å². The fourth-order valence-electron chi connectivity index (χ4n) is 2.90.